The Balaban J connectivity index is 1.60. The fourth-order valence-electron chi connectivity index (χ4n) is 5.38. The Hall–Kier alpha value is -3.93. The third kappa shape index (κ3) is 6.94. The molecule has 0 saturated carbocycles. The summed E-state index contributed by atoms with van der Waals surface area (Å²) in [6.45, 7) is 4.02. The van der Waals surface area contributed by atoms with Crippen LogP contribution in [0, 0.1) is 11.8 Å². The molecule has 3 aromatic carbocycles. The summed E-state index contributed by atoms with van der Waals surface area (Å²) in [6, 6.07) is 25.2. The van der Waals surface area contributed by atoms with Crippen molar-refractivity contribution in [2.45, 2.75) is 51.6 Å². The molecule has 0 aromatic heterocycles. The quantitative estimate of drug-likeness (QED) is 0.361. The highest BCUT2D eigenvalue weighted by atomic mass is 16.5. The summed E-state index contributed by atoms with van der Waals surface area (Å²) in [4.78, 5) is 41.4. The van der Waals surface area contributed by atoms with Crippen LogP contribution < -0.4 is 5.32 Å². The van der Waals surface area contributed by atoms with E-state index in [-0.39, 0.29) is 30.2 Å². The Morgan fingerprint density at radius 2 is 1.44 bits per heavy atom. The van der Waals surface area contributed by atoms with E-state index in [0.717, 1.165) is 24.0 Å². The summed E-state index contributed by atoms with van der Waals surface area (Å²) in [5, 5.41) is 3.01. The van der Waals surface area contributed by atoms with Crippen LogP contribution in [-0.4, -0.2) is 42.9 Å². The van der Waals surface area contributed by atoms with Gasteiger partial charge in [-0.15, -0.1) is 0 Å². The van der Waals surface area contributed by atoms with Gasteiger partial charge in [-0.3, -0.25) is 14.4 Å². The zero-order chi connectivity index (χ0) is 27.9. The molecule has 0 fully saturated rings. The Kier molecular flexibility index (Phi) is 9.18. The lowest BCUT2D eigenvalue weighted by atomic mass is 9.92. The normalized spacial score (nSPS) is 14.4. The largest absolute Gasteiger partial charge is 0.469 e. The van der Waals surface area contributed by atoms with Gasteiger partial charge in [-0.25, -0.2) is 0 Å². The molecule has 39 heavy (non-hydrogen) atoms. The molecule has 1 unspecified atom stereocenters. The van der Waals surface area contributed by atoms with Crippen molar-refractivity contribution >= 4 is 17.8 Å². The first-order chi connectivity index (χ1) is 18.8. The number of fused-ring (bicyclic) bond motifs is 1. The summed E-state index contributed by atoms with van der Waals surface area (Å²) in [6.07, 6.45) is 2.05. The molecule has 6 heteroatoms. The van der Waals surface area contributed by atoms with Crippen molar-refractivity contribution in [2.75, 3.05) is 14.2 Å². The molecule has 3 aromatic rings. The number of ether oxygens (including phenoxy) is 1. The van der Waals surface area contributed by atoms with Gasteiger partial charge in [0.15, 0.2) is 0 Å². The predicted octanol–water partition coefficient (Wildman–Crippen LogP) is 5.36. The maximum Gasteiger partial charge on any atom is 0.306 e. The van der Waals surface area contributed by atoms with Crippen molar-refractivity contribution in [1.29, 1.82) is 0 Å². The van der Waals surface area contributed by atoms with Crippen molar-refractivity contribution < 1.29 is 19.1 Å². The molecule has 204 valence electrons. The van der Waals surface area contributed by atoms with E-state index < -0.39 is 17.9 Å². The van der Waals surface area contributed by atoms with Crippen molar-refractivity contribution in [3.63, 3.8) is 0 Å². The molecule has 1 N–H and O–H groups in total. The number of hydrogen-bond acceptors (Lipinski definition) is 4. The minimum absolute atomic E-state index is 0.0134. The molecule has 2 amide bonds. The van der Waals surface area contributed by atoms with Crippen molar-refractivity contribution in [3.05, 3.63) is 95.6 Å². The summed E-state index contributed by atoms with van der Waals surface area (Å²) in [5.74, 6) is -1.31. The standard InChI is InChI=1S/C33H38N2O4/c1-22(2)18-28(21-30(36)39-4)32(37)34-31(25-16-14-24(15-17-25)23-10-6-5-7-11-23)33(38)35(3)29-19-26-12-8-9-13-27(26)20-29/h5-17,22,28-29,31H,18-21H2,1-4H3,(H,34,37)/t28-,31?/m1/s1. The zero-order valence-corrected chi connectivity index (χ0v) is 23.2. The van der Waals surface area contributed by atoms with E-state index in [1.807, 2.05) is 87.6 Å². The molecule has 6 nitrogen and oxygen atoms in total. The van der Waals surface area contributed by atoms with Crippen LogP contribution in [0.1, 0.15) is 49.4 Å². The van der Waals surface area contributed by atoms with E-state index in [9.17, 15) is 14.4 Å². The number of carbonyl (C=O) groups excluding carboxylic acids is 3. The first kappa shape index (κ1) is 28.1. The number of likely N-dealkylation sites (N-methyl/N-ethyl adjacent to an activating group) is 1. The molecule has 2 atom stereocenters. The van der Waals surface area contributed by atoms with Crippen molar-refractivity contribution in [1.82, 2.24) is 10.2 Å². The topological polar surface area (TPSA) is 75.7 Å². The SMILES string of the molecule is COC(=O)C[C@@H](CC(C)C)C(=O)NC(C(=O)N(C)C1Cc2ccccc2C1)c1ccc(-c2ccccc2)cc1. The summed E-state index contributed by atoms with van der Waals surface area (Å²) >= 11 is 0. The summed E-state index contributed by atoms with van der Waals surface area (Å²) in [5.41, 5.74) is 5.32. The minimum Gasteiger partial charge on any atom is -0.469 e. The molecule has 4 rings (SSSR count). The second kappa shape index (κ2) is 12.7. The maximum atomic E-state index is 14.0. The molecule has 1 aliphatic rings. The first-order valence-corrected chi connectivity index (χ1v) is 13.6. The van der Waals surface area contributed by atoms with Gasteiger partial charge in [-0.2, -0.15) is 0 Å². The van der Waals surface area contributed by atoms with Gasteiger partial charge in [-0.1, -0.05) is 92.7 Å². The second-order valence-electron chi connectivity index (χ2n) is 10.8. The second-order valence-corrected chi connectivity index (χ2v) is 10.8. The van der Waals surface area contributed by atoms with Crippen LogP contribution in [0.2, 0.25) is 0 Å². The Morgan fingerprint density at radius 3 is 2.00 bits per heavy atom. The van der Waals surface area contributed by atoms with E-state index in [1.54, 1.807) is 4.90 Å². The average Bonchev–Trinajstić information content (AvgIpc) is 3.39. The van der Waals surface area contributed by atoms with Crippen LogP contribution in [0.25, 0.3) is 11.1 Å². The molecule has 0 heterocycles. The molecular formula is C33H38N2O4. The molecule has 1 aliphatic carbocycles. The number of esters is 1. The summed E-state index contributed by atoms with van der Waals surface area (Å²) in [7, 11) is 3.14. The number of benzene rings is 3. The molecule has 0 saturated heterocycles. The minimum atomic E-state index is -0.872. The fourth-order valence-corrected chi connectivity index (χ4v) is 5.38. The van der Waals surface area contributed by atoms with Crippen molar-refractivity contribution in [2.24, 2.45) is 11.8 Å². The first-order valence-electron chi connectivity index (χ1n) is 13.6. The van der Waals surface area contributed by atoms with Gasteiger partial charge in [0.1, 0.15) is 6.04 Å². The Morgan fingerprint density at radius 1 is 0.872 bits per heavy atom. The van der Waals surface area contributed by atoms with E-state index >= 15 is 0 Å². The maximum absolute atomic E-state index is 14.0. The van der Waals surface area contributed by atoms with E-state index in [0.29, 0.717) is 12.0 Å². The molecule has 0 aliphatic heterocycles. The Bertz CT molecular complexity index is 1260. The summed E-state index contributed by atoms with van der Waals surface area (Å²) < 4.78 is 4.85. The highest BCUT2D eigenvalue weighted by Gasteiger charge is 2.34. The van der Waals surface area contributed by atoms with Crippen LogP contribution in [0.5, 0.6) is 0 Å². The number of carbonyl (C=O) groups is 3. The number of methoxy groups -OCH3 is 1. The lowest BCUT2D eigenvalue weighted by molar-refractivity contribution is -0.145. The number of nitrogens with one attached hydrogen (secondary N) is 1. The molecule has 0 radical (unpaired) electrons. The van der Waals surface area contributed by atoms with Gasteiger partial charge >= 0.3 is 5.97 Å². The van der Waals surface area contributed by atoms with E-state index in [1.165, 1.54) is 18.2 Å². The lowest BCUT2D eigenvalue weighted by Crippen LogP contribution is -2.47. The number of amides is 2. The Labute approximate surface area is 231 Å². The van der Waals surface area contributed by atoms with Crippen LogP contribution in [0.4, 0.5) is 0 Å². The smallest absolute Gasteiger partial charge is 0.306 e. The number of nitrogens with zero attached hydrogens (tertiary/aromatic N) is 1. The number of hydrogen-bond donors (Lipinski definition) is 1. The third-order valence-electron chi connectivity index (χ3n) is 7.58. The van der Waals surface area contributed by atoms with Crippen LogP contribution in [0.3, 0.4) is 0 Å². The van der Waals surface area contributed by atoms with Gasteiger partial charge in [0, 0.05) is 19.0 Å². The third-order valence-corrected chi connectivity index (χ3v) is 7.58. The van der Waals surface area contributed by atoms with Crippen LogP contribution >= 0.6 is 0 Å². The number of rotatable bonds is 10. The van der Waals surface area contributed by atoms with E-state index in [4.69, 9.17) is 4.74 Å². The lowest BCUT2D eigenvalue weighted by Gasteiger charge is -2.30. The molecule has 0 bridgehead atoms. The van der Waals surface area contributed by atoms with Gasteiger partial charge < -0.3 is 15.0 Å². The average molecular weight is 527 g/mol. The van der Waals surface area contributed by atoms with Crippen LogP contribution in [0.15, 0.2) is 78.9 Å². The predicted molar refractivity (Wildman–Crippen MR) is 153 cm³/mol. The van der Waals surface area contributed by atoms with Gasteiger partial charge in [0.2, 0.25) is 11.8 Å². The fraction of sp³-hybridized carbons (Fsp3) is 0.364. The van der Waals surface area contributed by atoms with Gasteiger partial charge in [0.25, 0.3) is 0 Å². The van der Waals surface area contributed by atoms with E-state index in [2.05, 4.69) is 17.4 Å². The van der Waals surface area contributed by atoms with Crippen molar-refractivity contribution in [3.8, 4) is 11.1 Å². The highest BCUT2D eigenvalue weighted by molar-refractivity contribution is 5.91. The highest BCUT2D eigenvalue weighted by Crippen LogP contribution is 2.29. The van der Waals surface area contributed by atoms with Gasteiger partial charge in [0.05, 0.1) is 13.5 Å². The monoisotopic (exact) mass is 526 g/mol. The van der Waals surface area contributed by atoms with Gasteiger partial charge in [-0.05, 0) is 53.0 Å². The molecule has 0 spiro atoms. The molecular weight excluding hydrogens is 488 g/mol. The zero-order valence-electron chi connectivity index (χ0n) is 23.2. The van der Waals surface area contributed by atoms with Crippen LogP contribution in [-0.2, 0) is 32.0 Å².